The molecule has 2 rings (SSSR count). The molecule has 1 aliphatic carbocycles. The van der Waals surface area contributed by atoms with Gasteiger partial charge in [-0.05, 0) is 70.3 Å². The third-order valence-electron chi connectivity index (χ3n) is 4.69. The molecule has 1 N–H and O–H groups in total. The Kier molecular flexibility index (Phi) is 6.65. The molecular weight excluding hydrogens is 258 g/mol. The van der Waals surface area contributed by atoms with E-state index in [0.717, 1.165) is 13.1 Å². The highest BCUT2D eigenvalue weighted by atomic mass is 15.1. The molecule has 0 saturated heterocycles. The summed E-state index contributed by atoms with van der Waals surface area (Å²) in [6.07, 6.45) is 8.15. The summed E-state index contributed by atoms with van der Waals surface area (Å²) in [7, 11) is 0. The molecule has 1 aromatic heterocycles. The summed E-state index contributed by atoms with van der Waals surface area (Å²) in [4.78, 5) is 7.12. The highest BCUT2D eigenvalue weighted by Crippen LogP contribution is 2.28. The van der Waals surface area contributed by atoms with E-state index >= 15 is 0 Å². The molecule has 3 heteroatoms. The van der Waals surface area contributed by atoms with E-state index in [0.29, 0.717) is 12.1 Å². The second kappa shape index (κ2) is 8.50. The van der Waals surface area contributed by atoms with Gasteiger partial charge >= 0.3 is 0 Å². The first-order valence-electron chi connectivity index (χ1n) is 8.66. The number of nitrogens with zero attached hydrogens (tertiary/aromatic N) is 2. The lowest BCUT2D eigenvalue weighted by molar-refractivity contribution is 0.285. The minimum absolute atomic E-state index is 0.457. The van der Waals surface area contributed by atoms with Crippen molar-refractivity contribution in [3.63, 3.8) is 0 Å². The summed E-state index contributed by atoms with van der Waals surface area (Å²) in [5.74, 6) is 0. The van der Waals surface area contributed by atoms with Crippen molar-refractivity contribution in [2.75, 3.05) is 19.6 Å². The number of pyridine rings is 1. The quantitative estimate of drug-likeness (QED) is 0.793. The van der Waals surface area contributed by atoms with Crippen LogP contribution in [-0.2, 0) is 6.42 Å². The van der Waals surface area contributed by atoms with Crippen molar-refractivity contribution >= 4 is 0 Å². The zero-order valence-corrected chi connectivity index (χ0v) is 13.9. The Morgan fingerprint density at radius 1 is 1.38 bits per heavy atom. The molecule has 0 saturated carbocycles. The van der Waals surface area contributed by atoms with Crippen LogP contribution < -0.4 is 5.32 Å². The third-order valence-corrected chi connectivity index (χ3v) is 4.69. The van der Waals surface area contributed by atoms with Gasteiger partial charge in [-0.2, -0.15) is 0 Å². The standard InChI is InChI=1S/C18H31N3/c1-4-21(5-2)14-8-9-15(3)20-17-12-6-10-16-11-7-13-19-18(16)17/h7,11,13,15,17,20H,4-6,8-10,12,14H2,1-3H3. The first-order chi connectivity index (χ1) is 10.2. The van der Waals surface area contributed by atoms with Crippen LogP contribution in [0.5, 0.6) is 0 Å². The van der Waals surface area contributed by atoms with Gasteiger partial charge in [0.15, 0.2) is 0 Å². The lowest BCUT2D eigenvalue weighted by atomic mass is 9.91. The van der Waals surface area contributed by atoms with Crippen molar-refractivity contribution in [3.05, 3.63) is 29.6 Å². The van der Waals surface area contributed by atoms with Gasteiger partial charge in [-0.1, -0.05) is 19.9 Å². The van der Waals surface area contributed by atoms with Gasteiger partial charge in [-0.15, -0.1) is 0 Å². The lowest BCUT2D eigenvalue weighted by Gasteiger charge is -2.28. The summed E-state index contributed by atoms with van der Waals surface area (Å²) in [5.41, 5.74) is 2.73. The first kappa shape index (κ1) is 16.4. The van der Waals surface area contributed by atoms with Crippen molar-refractivity contribution in [3.8, 4) is 0 Å². The van der Waals surface area contributed by atoms with Crippen LogP contribution in [0, 0.1) is 0 Å². The van der Waals surface area contributed by atoms with E-state index in [9.17, 15) is 0 Å². The number of nitrogens with one attached hydrogen (secondary N) is 1. The maximum atomic E-state index is 4.62. The normalized spacial score (nSPS) is 19.5. The molecule has 0 fully saturated rings. The zero-order valence-electron chi connectivity index (χ0n) is 13.9. The van der Waals surface area contributed by atoms with E-state index in [-0.39, 0.29) is 0 Å². The number of aryl methyl sites for hydroxylation is 1. The fourth-order valence-electron chi connectivity index (χ4n) is 3.36. The molecule has 0 amide bonds. The molecular formula is C18H31N3. The van der Waals surface area contributed by atoms with Crippen LogP contribution in [0.25, 0.3) is 0 Å². The Hall–Kier alpha value is -0.930. The van der Waals surface area contributed by atoms with Gasteiger partial charge in [-0.3, -0.25) is 4.98 Å². The van der Waals surface area contributed by atoms with Gasteiger partial charge in [0.05, 0.1) is 5.69 Å². The van der Waals surface area contributed by atoms with Gasteiger partial charge in [-0.25, -0.2) is 0 Å². The molecule has 1 aromatic rings. The minimum Gasteiger partial charge on any atom is -0.306 e. The smallest absolute Gasteiger partial charge is 0.0605 e. The minimum atomic E-state index is 0.457. The van der Waals surface area contributed by atoms with E-state index in [1.165, 1.54) is 49.9 Å². The summed E-state index contributed by atoms with van der Waals surface area (Å²) in [6, 6.07) is 5.33. The Morgan fingerprint density at radius 3 is 2.95 bits per heavy atom. The molecule has 0 aromatic carbocycles. The molecule has 118 valence electrons. The highest BCUT2D eigenvalue weighted by molar-refractivity contribution is 5.25. The van der Waals surface area contributed by atoms with Gasteiger partial charge in [0.25, 0.3) is 0 Å². The van der Waals surface area contributed by atoms with Crippen LogP contribution in [0.4, 0.5) is 0 Å². The fourth-order valence-corrected chi connectivity index (χ4v) is 3.36. The van der Waals surface area contributed by atoms with Crippen LogP contribution in [0.3, 0.4) is 0 Å². The van der Waals surface area contributed by atoms with Gasteiger partial charge < -0.3 is 10.2 Å². The Balaban J connectivity index is 1.79. The van der Waals surface area contributed by atoms with Crippen molar-refractivity contribution in [1.29, 1.82) is 0 Å². The predicted molar refractivity (Wildman–Crippen MR) is 89.5 cm³/mol. The summed E-state index contributed by atoms with van der Waals surface area (Å²) < 4.78 is 0. The van der Waals surface area contributed by atoms with Gasteiger partial charge in [0, 0.05) is 18.3 Å². The molecule has 0 bridgehead atoms. The molecule has 0 aliphatic heterocycles. The van der Waals surface area contributed by atoms with E-state index in [2.05, 4.69) is 48.1 Å². The number of fused-ring (bicyclic) bond motifs is 1. The summed E-state index contributed by atoms with van der Waals surface area (Å²) >= 11 is 0. The molecule has 1 heterocycles. The van der Waals surface area contributed by atoms with Crippen LogP contribution >= 0.6 is 0 Å². The number of aromatic nitrogens is 1. The lowest BCUT2D eigenvalue weighted by Crippen LogP contribution is -2.34. The van der Waals surface area contributed by atoms with Crippen LogP contribution in [0.1, 0.15) is 63.8 Å². The maximum Gasteiger partial charge on any atom is 0.0605 e. The Labute approximate surface area is 130 Å². The molecule has 0 spiro atoms. The van der Waals surface area contributed by atoms with Crippen LogP contribution in [-0.4, -0.2) is 35.6 Å². The zero-order chi connectivity index (χ0) is 15.1. The highest BCUT2D eigenvalue weighted by Gasteiger charge is 2.22. The monoisotopic (exact) mass is 289 g/mol. The predicted octanol–water partition coefficient (Wildman–Crippen LogP) is 3.56. The molecule has 21 heavy (non-hydrogen) atoms. The van der Waals surface area contributed by atoms with Gasteiger partial charge in [0.2, 0.25) is 0 Å². The Morgan fingerprint density at radius 2 is 2.19 bits per heavy atom. The molecule has 1 aliphatic rings. The molecule has 3 nitrogen and oxygen atoms in total. The van der Waals surface area contributed by atoms with E-state index in [1.807, 2.05) is 6.20 Å². The number of hydrogen-bond acceptors (Lipinski definition) is 3. The number of hydrogen-bond donors (Lipinski definition) is 1. The van der Waals surface area contributed by atoms with E-state index < -0.39 is 0 Å². The van der Waals surface area contributed by atoms with Gasteiger partial charge in [0.1, 0.15) is 0 Å². The molecule has 2 unspecified atom stereocenters. The van der Waals surface area contributed by atoms with Crippen molar-refractivity contribution < 1.29 is 0 Å². The third kappa shape index (κ3) is 4.79. The van der Waals surface area contributed by atoms with Crippen molar-refractivity contribution in [1.82, 2.24) is 15.2 Å². The average Bonchev–Trinajstić information content (AvgIpc) is 2.52. The summed E-state index contributed by atoms with van der Waals surface area (Å²) in [5, 5.41) is 3.80. The Bertz CT molecular complexity index is 415. The molecule has 0 radical (unpaired) electrons. The summed E-state index contributed by atoms with van der Waals surface area (Å²) in [6.45, 7) is 10.4. The average molecular weight is 289 g/mol. The topological polar surface area (TPSA) is 28.2 Å². The second-order valence-corrected chi connectivity index (χ2v) is 6.23. The second-order valence-electron chi connectivity index (χ2n) is 6.23. The van der Waals surface area contributed by atoms with Crippen LogP contribution in [0.15, 0.2) is 18.3 Å². The van der Waals surface area contributed by atoms with Crippen LogP contribution in [0.2, 0.25) is 0 Å². The van der Waals surface area contributed by atoms with Crippen molar-refractivity contribution in [2.45, 2.75) is 65.0 Å². The number of rotatable bonds is 8. The maximum absolute atomic E-state index is 4.62. The largest absolute Gasteiger partial charge is 0.306 e. The van der Waals surface area contributed by atoms with E-state index in [4.69, 9.17) is 0 Å². The van der Waals surface area contributed by atoms with Crippen molar-refractivity contribution in [2.24, 2.45) is 0 Å². The van der Waals surface area contributed by atoms with E-state index in [1.54, 1.807) is 0 Å². The SMILES string of the molecule is CCN(CC)CCCC(C)NC1CCCc2cccnc21. The first-order valence-corrected chi connectivity index (χ1v) is 8.66. The molecule has 2 atom stereocenters. The fraction of sp³-hybridized carbons (Fsp3) is 0.722.